The Hall–Kier alpha value is -3.00. The molecule has 3 heterocycles. The second kappa shape index (κ2) is 14.1. The number of piperazine rings is 1. The molecule has 2 fully saturated rings. The summed E-state index contributed by atoms with van der Waals surface area (Å²) in [5.74, 6) is 0.316. The molecule has 8 heteroatoms. The Balaban J connectivity index is 1.18. The lowest BCUT2D eigenvalue weighted by Crippen LogP contribution is -2.56. The van der Waals surface area contributed by atoms with Crippen LogP contribution in [0.1, 0.15) is 30.5 Å². The molecule has 212 valence electrons. The normalized spacial score (nSPS) is 20.4. The van der Waals surface area contributed by atoms with Crippen LogP contribution in [0.25, 0.3) is 0 Å². The Morgan fingerprint density at radius 2 is 1.75 bits per heavy atom. The van der Waals surface area contributed by atoms with Gasteiger partial charge in [0, 0.05) is 81.6 Å². The first-order valence-electron chi connectivity index (χ1n) is 14.4. The minimum absolute atomic E-state index is 0.0993. The summed E-state index contributed by atoms with van der Waals surface area (Å²) in [5, 5.41) is 3.89. The van der Waals surface area contributed by atoms with Crippen molar-refractivity contribution in [2.75, 3.05) is 50.7 Å². The highest BCUT2D eigenvalue weighted by Gasteiger charge is 2.35. The number of aromatic nitrogens is 1. The van der Waals surface area contributed by atoms with Gasteiger partial charge < -0.3 is 10.2 Å². The lowest BCUT2D eigenvalue weighted by atomic mass is 9.86. The van der Waals surface area contributed by atoms with Gasteiger partial charge in [0.1, 0.15) is 5.82 Å². The molecule has 3 aromatic rings. The van der Waals surface area contributed by atoms with E-state index in [9.17, 15) is 9.18 Å². The maximum Gasteiger partial charge on any atom is 0.220 e. The Kier molecular flexibility index (Phi) is 10.0. The number of para-hydroxylation sites is 1. The number of nitrogens with zero attached hydrogens (tertiary/aromatic N) is 4. The van der Waals surface area contributed by atoms with Gasteiger partial charge in [0.15, 0.2) is 0 Å². The summed E-state index contributed by atoms with van der Waals surface area (Å²) in [7, 11) is 0. The molecule has 1 amide bonds. The molecule has 0 saturated carbocycles. The number of carbonyl (C=O) groups is 1. The number of likely N-dealkylation sites (tertiary alicyclic amines) is 1. The fourth-order valence-corrected chi connectivity index (χ4v) is 6.35. The van der Waals surface area contributed by atoms with E-state index in [-0.39, 0.29) is 11.7 Å². The van der Waals surface area contributed by atoms with Gasteiger partial charge >= 0.3 is 0 Å². The standard InChI is InChI=1S/C32H39ClFN5O/c33-28-9-2-1-7-25(28)23-37-18-15-30(38-19-21-39(22-20-38)31-11-4-3-10-29(31)34)26(24-37)12-13-32(40)36-17-14-27-8-5-6-16-35-27/h1-11,16,26,30H,12-15,17-24H2,(H,36,40)/t26-,30+/m1/s1. The van der Waals surface area contributed by atoms with Gasteiger partial charge in [-0.15, -0.1) is 0 Å². The van der Waals surface area contributed by atoms with E-state index >= 15 is 0 Å². The quantitative estimate of drug-likeness (QED) is 0.375. The lowest BCUT2D eigenvalue weighted by Gasteiger charge is -2.47. The van der Waals surface area contributed by atoms with Gasteiger partial charge in [-0.3, -0.25) is 19.6 Å². The van der Waals surface area contributed by atoms with Crippen LogP contribution in [0.2, 0.25) is 5.02 Å². The lowest BCUT2D eigenvalue weighted by molar-refractivity contribution is -0.121. The molecular weight excluding hydrogens is 525 g/mol. The average molecular weight is 564 g/mol. The summed E-state index contributed by atoms with van der Waals surface area (Å²) >= 11 is 6.48. The van der Waals surface area contributed by atoms with E-state index in [1.54, 1.807) is 12.3 Å². The first-order valence-corrected chi connectivity index (χ1v) is 14.8. The zero-order chi connectivity index (χ0) is 27.7. The van der Waals surface area contributed by atoms with Crippen LogP contribution in [-0.4, -0.2) is 72.5 Å². The molecule has 1 aromatic heterocycles. The van der Waals surface area contributed by atoms with Gasteiger partial charge in [0.05, 0.1) is 5.69 Å². The zero-order valence-corrected chi connectivity index (χ0v) is 23.8. The van der Waals surface area contributed by atoms with Crippen molar-refractivity contribution in [2.24, 2.45) is 5.92 Å². The number of anilines is 1. The molecule has 6 nitrogen and oxygen atoms in total. The molecule has 2 aliphatic heterocycles. The average Bonchev–Trinajstić information content (AvgIpc) is 2.98. The van der Waals surface area contributed by atoms with Crippen LogP contribution in [0.15, 0.2) is 72.9 Å². The molecule has 40 heavy (non-hydrogen) atoms. The van der Waals surface area contributed by atoms with Crippen LogP contribution in [-0.2, 0) is 17.8 Å². The number of hydrogen-bond acceptors (Lipinski definition) is 5. The fraction of sp³-hybridized carbons (Fsp3) is 0.438. The first kappa shape index (κ1) is 28.5. The van der Waals surface area contributed by atoms with Gasteiger partial charge in [-0.25, -0.2) is 4.39 Å². The summed E-state index contributed by atoms with van der Waals surface area (Å²) in [6.45, 7) is 6.76. The summed E-state index contributed by atoms with van der Waals surface area (Å²) in [5.41, 5.74) is 2.82. The number of halogens is 2. The Morgan fingerprint density at radius 3 is 2.52 bits per heavy atom. The van der Waals surface area contributed by atoms with E-state index in [1.807, 2.05) is 48.5 Å². The van der Waals surface area contributed by atoms with Crippen molar-refractivity contribution in [1.29, 1.82) is 0 Å². The van der Waals surface area contributed by atoms with Crippen LogP contribution in [0.4, 0.5) is 10.1 Å². The predicted molar refractivity (Wildman–Crippen MR) is 159 cm³/mol. The van der Waals surface area contributed by atoms with E-state index < -0.39 is 0 Å². The maximum absolute atomic E-state index is 14.4. The fourth-order valence-electron chi connectivity index (χ4n) is 6.15. The van der Waals surface area contributed by atoms with Gasteiger partial charge in [0.2, 0.25) is 5.91 Å². The van der Waals surface area contributed by atoms with E-state index in [1.165, 1.54) is 6.07 Å². The van der Waals surface area contributed by atoms with E-state index in [4.69, 9.17) is 11.6 Å². The molecule has 0 aliphatic carbocycles. The summed E-state index contributed by atoms with van der Waals surface area (Å²) < 4.78 is 14.4. The SMILES string of the molecule is O=C(CC[C@@H]1CN(Cc2ccccc2Cl)CC[C@@H]1N1CCN(c2ccccc2F)CC1)NCCc1ccccn1. The van der Waals surface area contributed by atoms with Gasteiger partial charge in [-0.2, -0.15) is 0 Å². The summed E-state index contributed by atoms with van der Waals surface area (Å²) in [4.78, 5) is 24.3. The molecule has 1 N–H and O–H groups in total. The van der Waals surface area contributed by atoms with Crippen molar-refractivity contribution < 1.29 is 9.18 Å². The zero-order valence-electron chi connectivity index (χ0n) is 23.0. The number of hydrogen-bond donors (Lipinski definition) is 1. The van der Waals surface area contributed by atoms with Crippen LogP contribution in [0.5, 0.6) is 0 Å². The Morgan fingerprint density at radius 1 is 0.975 bits per heavy atom. The molecule has 5 rings (SSSR count). The van der Waals surface area contributed by atoms with Crippen LogP contribution < -0.4 is 10.2 Å². The van der Waals surface area contributed by atoms with Crippen LogP contribution in [0, 0.1) is 11.7 Å². The molecule has 0 unspecified atom stereocenters. The number of pyridine rings is 1. The number of benzene rings is 2. The van der Waals surface area contributed by atoms with Crippen molar-refractivity contribution in [3.05, 3.63) is 95.0 Å². The molecule has 0 radical (unpaired) electrons. The minimum Gasteiger partial charge on any atom is -0.367 e. The highest BCUT2D eigenvalue weighted by atomic mass is 35.5. The number of piperidine rings is 1. The van der Waals surface area contributed by atoms with E-state index in [2.05, 4.69) is 31.1 Å². The van der Waals surface area contributed by atoms with Crippen LogP contribution in [0.3, 0.4) is 0 Å². The predicted octanol–water partition coefficient (Wildman–Crippen LogP) is 5.03. The van der Waals surface area contributed by atoms with E-state index in [0.717, 1.165) is 81.4 Å². The van der Waals surface area contributed by atoms with Gasteiger partial charge in [-0.05, 0) is 61.2 Å². The molecule has 2 atom stereocenters. The Bertz CT molecular complexity index is 1240. The second-order valence-electron chi connectivity index (χ2n) is 10.9. The largest absolute Gasteiger partial charge is 0.367 e. The maximum atomic E-state index is 14.4. The third-order valence-electron chi connectivity index (χ3n) is 8.28. The Labute approximate surface area is 242 Å². The van der Waals surface area contributed by atoms with Gasteiger partial charge in [0.25, 0.3) is 0 Å². The molecular formula is C32H39ClFN5O. The summed E-state index contributed by atoms with van der Waals surface area (Å²) in [6, 6.07) is 21.4. The second-order valence-corrected chi connectivity index (χ2v) is 11.3. The number of nitrogens with one attached hydrogen (secondary N) is 1. The smallest absolute Gasteiger partial charge is 0.220 e. The van der Waals surface area contributed by atoms with Crippen LogP contribution >= 0.6 is 11.6 Å². The number of amides is 1. The molecule has 2 aromatic carbocycles. The third kappa shape index (κ3) is 7.59. The topological polar surface area (TPSA) is 51.7 Å². The molecule has 2 aliphatic rings. The van der Waals surface area contributed by atoms with Crippen molar-refractivity contribution in [3.63, 3.8) is 0 Å². The highest BCUT2D eigenvalue weighted by molar-refractivity contribution is 6.31. The summed E-state index contributed by atoms with van der Waals surface area (Å²) in [6.07, 6.45) is 4.92. The van der Waals surface area contributed by atoms with Crippen molar-refractivity contribution in [3.8, 4) is 0 Å². The number of rotatable bonds is 10. The third-order valence-corrected chi connectivity index (χ3v) is 8.65. The molecule has 2 saturated heterocycles. The van der Waals surface area contributed by atoms with Crippen molar-refractivity contribution in [2.45, 2.75) is 38.3 Å². The number of carbonyl (C=O) groups excluding carboxylic acids is 1. The molecule has 0 spiro atoms. The van der Waals surface area contributed by atoms with Crippen molar-refractivity contribution >= 4 is 23.2 Å². The van der Waals surface area contributed by atoms with E-state index in [0.29, 0.717) is 30.6 Å². The monoisotopic (exact) mass is 563 g/mol. The minimum atomic E-state index is -0.157. The van der Waals surface area contributed by atoms with Gasteiger partial charge in [-0.1, -0.05) is 48.0 Å². The highest BCUT2D eigenvalue weighted by Crippen LogP contribution is 2.30. The molecule has 0 bridgehead atoms. The van der Waals surface area contributed by atoms with Crippen molar-refractivity contribution in [1.82, 2.24) is 20.1 Å². The first-order chi connectivity index (χ1) is 19.6.